The second kappa shape index (κ2) is 6.09. The largest absolute Gasteiger partial charge is 0.383 e. The first-order valence-electron chi connectivity index (χ1n) is 3.38. The van der Waals surface area contributed by atoms with Crippen LogP contribution in [0.3, 0.4) is 0 Å². The van der Waals surface area contributed by atoms with Crippen LogP contribution >= 0.6 is 0 Å². The van der Waals surface area contributed by atoms with Crippen molar-refractivity contribution in [1.82, 2.24) is 5.48 Å². The van der Waals surface area contributed by atoms with Gasteiger partial charge >= 0.3 is 0 Å². The Balaban J connectivity index is 3.47. The van der Waals surface area contributed by atoms with E-state index >= 15 is 0 Å². The van der Waals surface area contributed by atoms with E-state index in [0.717, 1.165) is 0 Å². The first kappa shape index (κ1) is 10.3. The number of carbonyl (C=O) groups excluding carboxylic acids is 1. The van der Waals surface area contributed by atoms with Gasteiger partial charge in [-0.25, -0.2) is 5.48 Å². The van der Waals surface area contributed by atoms with E-state index in [1.54, 1.807) is 6.92 Å². The van der Waals surface area contributed by atoms with E-state index in [1.807, 2.05) is 0 Å². The average Bonchev–Trinajstić information content (AvgIpc) is 2.00. The van der Waals surface area contributed by atoms with E-state index in [2.05, 4.69) is 15.1 Å². The van der Waals surface area contributed by atoms with Crippen LogP contribution in [0.25, 0.3) is 0 Å². The number of nitrogens with one attached hydrogen (secondary N) is 1. The third kappa shape index (κ3) is 4.72. The van der Waals surface area contributed by atoms with E-state index < -0.39 is 6.04 Å². The molecule has 66 valence electrons. The number of nitrogens with two attached hydrogens (primary N) is 1. The lowest BCUT2D eigenvalue weighted by Gasteiger charge is -2.09. The summed E-state index contributed by atoms with van der Waals surface area (Å²) in [6, 6.07) is -0.661. The van der Waals surface area contributed by atoms with Crippen LogP contribution < -0.4 is 11.2 Å². The van der Waals surface area contributed by atoms with Crippen LogP contribution in [-0.4, -0.2) is 32.3 Å². The minimum absolute atomic E-state index is 0.193. The summed E-state index contributed by atoms with van der Waals surface area (Å²) < 4.78 is 4.66. The fourth-order valence-electron chi connectivity index (χ4n) is 0.474. The molecule has 0 aliphatic carbocycles. The zero-order chi connectivity index (χ0) is 8.69. The second-order valence-electron chi connectivity index (χ2n) is 1.96. The lowest BCUT2D eigenvalue weighted by atomic mass is 10.3. The highest BCUT2D eigenvalue weighted by molar-refractivity contribution is 5.80. The van der Waals surface area contributed by atoms with Crippen molar-refractivity contribution in [3.63, 3.8) is 0 Å². The molecule has 0 aliphatic rings. The van der Waals surface area contributed by atoms with Gasteiger partial charge in [-0.1, -0.05) is 0 Å². The molecule has 0 rings (SSSR count). The number of methoxy groups -OCH3 is 1. The zero-order valence-electron chi connectivity index (χ0n) is 6.79. The van der Waals surface area contributed by atoms with E-state index in [1.165, 1.54) is 7.11 Å². The Morgan fingerprint density at radius 1 is 1.73 bits per heavy atom. The summed E-state index contributed by atoms with van der Waals surface area (Å²) in [4.78, 5) is 15.5. The summed E-state index contributed by atoms with van der Waals surface area (Å²) in [6.45, 7) is 2.38. The second-order valence-corrected chi connectivity index (χ2v) is 1.96. The molecule has 0 fully saturated rings. The molecule has 11 heavy (non-hydrogen) atoms. The SMILES string of the molecule is CCONC(=O)C(N)COC. The standard InChI is InChI=1S/C6H14N2O3/c1-3-11-8-6(9)5(7)4-10-2/h5H,3-4,7H2,1-2H3,(H,8,9). The smallest absolute Gasteiger partial charge is 0.262 e. The van der Waals surface area contributed by atoms with Crippen LogP contribution in [0, 0.1) is 0 Å². The average molecular weight is 162 g/mol. The van der Waals surface area contributed by atoms with Gasteiger partial charge in [0.15, 0.2) is 0 Å². The molecular weight excluding hydrogens is 148 g/mol. The summed E-state index contributed by atoms with van der Waals surface area (Å²) in [5, 5.41) is 0. The molecule has 0 saturated carbocycles. The molecule has 0 aromatic carbocycles. The molecule has 0 spiro atoms. The Bertz CT molecular complexity index is 118. The van der Waals surface area contributed by atoms with Gasteiger partial charge in [0, 0.05) is 7.11 Å². The first-order valence-corrected chi connectivity index (χ1v) is 3.38. The predicted molar refractivity (Wildman–Crippen MR) is 39.6 cm³/mol. The quantitative estimate of drug-likeness (QED) is 0.510. The van der Waals surface area contributed by atoms with Crippen molar-refractivity contribution in [2.24, 2.45) is 5.73 Å². The number of hydrogen-bond acceptors (Lipinski definition) is 4. The Morgan fingerprint density at radius 2 is 2.36 bits per heavy atom. The Hall–Kier alpha value is -0.650. The van der Waals surface area contributed by atoms with Gasteiger partial charge in [0.05, 0.1) is 13.2 Å². The minimum Gasteiger partial charge on any atom is -0.383 e. The summed E-state index contributed by atoms with van der Waals surface area (Å²) in [5.41, 5.74) is 7.52. The molecule has 0 saturated heterocycles. The number of amides is 1. The van der Waals surface area contributed by atoms with E-state index in [9.17, 15) is 4.79 Å². The monoisotopic (exact) mass is 162 g/mol. The summed E-state index contributed by atoms with van der Waals surface area (Å²) in [5.74, 6) is -0.367. The van der Waals surface area contributed by atoms with Gasteiger partial charge in [0.2, 0.25) is 0 Å². The molecule has 3 N–H and O–H groups in total. The van der Waals surface area contributed by atoms with E-state index in [4.69, 9.17) is 5.73 Å². The number of hydroxylamine groups is 1. The molecule has 0 heterocycles. The van der Waals surface area contributed by atoms with Crippen molar-refractivity contribution in [3.8, 4) is 0 Å². The molecule has 1 amide bonds. The maximum Gasteiger partial charge on any atom is 0.262 e. The molecule has 1 atom stereocenters. The lowest BCUT2D eigenvalue weighted by molar-refractivity contribution is -0.135. The fraction of sp³-hybridized carbons (Fsp3) is 0.833. The highest BCUT2D eigenvalue weighted by Crippen LogP contribution is 1.79. The number of hydrogen-bond donors (Lipinski definition) is 2. The molecule has 5 nitrogen and oxygen atoms in total. The van der Waals surface area contributed by atoms with Gasteiger partial charge in [0.1, 0.15) is 6.04 Å². The van der Waals surface area contributed by atoms with Crippen molar-refractivity contribution >= 4 is 5.91 Å². The van der Waals surface area contributed by atoms with Gasteiger partial charge in [-0.15, -0.1) is 0 Å². The molecule has 1 unspecified atom stereocenters. The van der Waals surface area contributed by atoms with Gasteiger partial charge in [-0.3, -0.25) is 9.63 Å². The zero-order valence-corrected chi connectivity index (χ0v) is 6.79. The maximum absolute atomic E-state index is 10.9. The topological polar surface area (TPSA) is 73.6 Å². The predicted octanol–water partition coefficient (Wildman–Crippen LogP) is -0.972. The third-order valence-electron chi connectivity index (χ3n) is 1.00. The number of ether oxygens (including phenoxy) is 1. The van der Waals surface area contributed by atoms with Crippen LogP contribution in [0.5, 0.6) is 0 Å². The molecule has 0 aliphatic heterocycles. The van der Waals surface area contributed by atoms with Crippen LogP contribution in [-0.2, 0) is 14.4 Å². The summed E-state index contributed by atoms with van der Waals surface area (Å²) in [7, 11) is 1.48. The van der Waals surface area contributed by atoms with E-state index in [0.29, 0.717) is 6.61 Å². The molecule has 0 aromatic heterocycles. The van der Waals surface area contributed by atoms with Crippen LogP contribution in [0.15, 0.2) is 0 Å². The van der Waals surface area contributed by atoms with Crippen LogP contribution in [0.4, 0.5) is 0 Å². The van der Waals surface area contributed by atoms with Crippen molar-refractivity contribution in [2.45, 2.75) is 13.0 Å². The summed E-state index contributed by atoms with van der Waals surface area (Å²) in [6.07, 6.45) is 0. The molecule has 0 bridgehead atoms. The minimum atomic E-state index is -0.661. The normalized spacial score (nSPS) is 12.6. The molecular formula is C6H14N2O3. The fourth-order valence-corrected chi connectivity index (χ4v) is 0.474. The Labute approximate surface area is 65.8 Å². The van der Waals surface area contributed by atoms with Crippen molar-refractivity contribution in [2.75, 3.05) is 20.3 Å². The number of rotatable bonds is 5. The Morgan fingerprint density at radius 3 is 2.82 bits per heavy atom. The highest BCUT2D eigenvalue weighted by Gasteiger charge is 2.11. The molecule has 0 aromatic rings. The van der Waals surface area contributed by atoms with Crippen molar-refractivity contribution in [3.05, 3.63) is 0 Å². The maximum atomic E-state index is 10.9. The highest BCUT2D eigenvalue weighted by atomic mass is 16.6. The van der Waals surface area contributed by atoms with Crippen molar-refractivity contribution < 1.29 is 14.4 Å². The van der Waals surface area contributed by atoms with Gasteiger partial charge < -0.3 is 10.5 Å². The molecule has 0 radical (unpaired) electrons. The van der Waals surface area contributed by atoms with Gasteiger partial charge in [-0.05, 0) is 6.92 Å². The Kier molecular flexibility index (Phi) is 5.73. The summed E-state index contributed by atoms with van der Waals surface area (Å²) >= 11 is 0. The van der Waals surface area contributed by atoms with E-state index in [-0.39, 0.29) is 12.5 Å². The first-order chi connectivity index (χ1) is 5.22. The van der Waals surface area contributed by atoms with Crippen molar-refractivity contribution in [1.29, 1.82) is 0 Å². The third-order valence-corrected chi connectivity index (χ3v) is 1.00. The van der Waals surface area contributed by atoms with Gasteiger partial charge in [-0.2, -0.15) is 0 Å². The van der Waals surface area contributed by atoms with Crippen LogP contribution in [0.1, 0.15) is 6.92 Å². The number of carbonyl (C=O) groups is 1. The lowest BCUT2D eigenvalue weighted by Crippen LogP contribution is -2.43. The van der Waals surface area contributed by atoms with Gasteiger partial charge in [0.25, 0.3) is 5.91 Å². The molecule has 5 heteroatoms. The van der Waals surface area contributed by atoms with Crippen LogP contribution in [0.2, 0.25) is 0 Å².